The zero-order valence-corrected chi connectivity index (χ0v) is 8.27. The van der Waals surface area contributed by atoms with Crippen molar-refractivity contribution in [1.29, 1.82) is 0 Å². The molecule has 0 rings (SSSR count). The number of hydrogen-bond donors (Lipinski definition) is 1. The smallest absolute Gasteiger partial charge is 0.00746 e. The lowest BCUT2D eigenvalue weighted by molar-refractivity contribution is 0.395. The second-order valence-electron chi connectivity index (χ2n) is 3.82. The van der Waals surface area contributed by atoms with Gasteiger partial charge in [0.25, 0.3) is 0 Å². The third-order valence-corrected chi connectivity index (χ3v) is 2.30. The molecule has 2 N–H and O–H groups in total. The fourth-order valence-corrected chi connectivity index (χ4v) is 1.36. The Morgan fingerprint density at radius 2 is 1.73 bits per heavy atom. The minimum atomic E-state index is 0.849. The molecule has 0 aromatic carbocycles. The summed E-state index contributed by atoms with van der Waals surface area (Å²) in [6.07, 6.45) is 5.23. The van der Waals surface area contributed by atoms with Gasteiger partial charge in [-0.2, -0.15) is 0 Å². The maximum absolute atomic E-state index is 5.51. The zero-order valence-electron chi connectivity index (χ0n) is 8.27. The van der Waals surface area contributed by atoms with Crippen LogP contribution in [0.4, 0.5) is 0 Å². The van der Waals surface area contributed by atoms with Gasteiger partial charge in [-0.3, -0.25) is 0 Å². The van der Waals surface area contributed by atoms with E-state index >= 15 is 0 Å². The fraction of sp³-hybridized carbons (Fsp3) is 1.00. The maximum Gasteiger partial charge on any atom is -0.00746 e. The van der Waals surface area contributed by atoms with E-state index in [2.05, 4.69) is 20.8 Å². The Morgan fingerprint density at radius 3 is 2.09 bits per heavy atom. The van der Waals surface area contributed by atoms with Crippen LogP contribution in [0.1, 0.15) is 46.5 Å². The number of nitrogens with two attached hydrogens (primary N) is 1. The predicted molar refractivity (Wildman–Crippen MR) is 51.5 cm³/mol. The summed E-state index contributed by atoms with van der Waals surface area (Å²) in [4.78, 5) is 0. The average molecular weight is 157 g/mol. The highest BCUT2D eigenvalue weighted by Gasteiger charge is 2.05. The largest absolute Gasteiger partial charge is 0.330 e. The molecule has 0 aliphatic carbocycles. The van der Waals surface area contributed by atoms with Crippen LogP contribution in [0.15, 0.2) is 0 Å². The van der Waals surface area contributed by atoms with Crippen molar-refractivity contribution in [3.05, 3.63) is 0 Å². The molecule has 0 spiro atoms. The first-order valence-corrected chi connectivity index (χ1v) is 4.90. The molecule has 11 heavy (non-hydrogen) atoms. The van der Waals surface area contributed by atoms with Gasteiger partial charge in [-0.1, -0.05) is 40.0 Å². The highest BCUT2D eigenvalue weighted by atomic mass is 14.5. The van der Waals surface area contributed by atoms with E-state index in [9.17, 15) is 0 Å². The Kier molecular flexibility index (Phi) is 6.63. The van der Waals surface area contributed by atoms with Gasteiger partial charge in [0.05, 0.1) is 0 Å². The van der Waals surface area contributed by atoms with Crippen LogP contribution < -0.4 is 5.73 Å². The average Bonchev–Trinajstić information content (AvgIpc) is 1.97. The Bertz CT molecular complexity index is 78.9. The van der Waals surface area contributed by atoms with Gasteiger partial charge in [0.2, 0.25) is 0 Å². The van der Waals surface area contributed by atoms with Crippen molar-refractivity contribution in [1.82, 2.24) is 0 Å². The summed E-state index contributed by atoms with van der Waals surface area (Å²) in [6.45, 7) is 7.70. The molecule has 1 nitrogen and oxygen atoms in total. The molecule has 0 aromatic heterocycles. The lowest BCUT2D eigenvalue weighted by atomic mass is 9.93. The van der Waals surface area contributed by atoms with E-state index in [1.165, 1.54) is 25.7 Å². The molecule has 0 radical (unpaired) electrons. The van der Waals surface area contributed by atoms with Crippen LogP contribution in [-0.2, 0) is 0 Å². The molecular weight excluding hydrogens is 134 g/mol. The van der Waals surface area contributed by atoms with E-state index in [0.29, 0.717) is 0 Å². The fourth-order valence-electron chi connectivity index (χ4n) is 1.36. The molecule has 1 unspecified atom stereocenters. The van der Waals surface area contributed by atoms with Gasteiger partial charge < -0.3 is 5.73 Å². The van der Waals surface area contributed by atoms with Crippen molar-refractivity contribution in [2.45, 2.75) is 46.5 Å². The summed E-state index contributed by atoms with van der Waals surface area (Å²) in [5.74, 6) is 1.73. The summed E-state index contributed by atoms with van der Waals surface area (Å²) in [5, 5.41) is 0. The summed E-state index contributed by atoms with van der Waals surface area (Å²) >= 11 is 0. The van der Waals surface area contributed by atoms with Crippen LogP contribution in [0.3, 0.4) is 0 Å². The summed E-state index contributed by atoms with van der Waals surface area (Å²) in [5.41, 5.74) is 5.51. The van der Waals surface area contributed by atoms with Crippen molar-refractivity contribution in [3.63, 3.8) is 0 Å². The Hall–Kier alpha value is -0.0400. The second-order valence-corrected chi connectivity index (χ2v) is 3.82. The summed E-state index contributed by atoms with van der Waals surface area (Å²) in [6, 6.07) is 0. The van der Waals surface area contributed by atoms with Gasteiger partial charge in [0.15, 0.2) is 0 Å². The molecular formula is C10H23N. The van der Waals surface area contributed by atoms with Crippen molar-refractivity contribution < 1.29 is 0 Å². The topological polar surface area (TPSA) is 26.0 Å². The Balaban J connectivity index is 3.35. The molecule has 0 aromatic rings. The summed E-state index contributed by atoms with van der Waals surface area (Å²) in [7, 11) is 0. The SMILES string of the molecule is CCC(CCN)CCC(C)C. The zero-order chi connectivity index (χ0) is 8.69. The third kappa shape index (κ3) is 6.36. The van der Waals surface area contributed by atoms with Crippen LogP contribution in [0.5, 0.6) is 0 Å². The van der Waals surface area contributed by atoms with Gasteiger partial charge in [-0.25, -0.2) is 0 Å². The maximum atomic E-state index is 5.51. The lowest BCUT2D eigenvalue weighted by Gasteiger charge is -2.14. The van der Waals surface area contributed by atoms with Crippen molar-refractivity contribution in [2.24, 2.45) is 17.6 Å². The molecule has 0 saturated carbocycles. The van der Waals surface area contributed by atoms with Crippen LogP contribution in [0.2, 0.25) is 0 Å². The van der Waals surface area contributed by atoms with Gasteiger partial charge in [-0.05, 0) is 24.8 Å². The Labute approximate surface area is 71.4 Å². The molecule has 0 saturated heterocycles. The minimum absolute atomic E-state index is 0.849. The molecule has 0 fully saturated rings. The van der Waals surface area contributed by atoms with Crippen LogP contribution in [0, 0.1) is 11.8 Å². The first-order valence-electron chi connectivity index (χ1n) is 4.90. The third-order valence-electron chi connectivity index (χ3n) is 2.30. The monoisotopic (exact) mass is 157 g/mol. The molecule has 1 atom stereocenters. The van der Waals surface area contributed by atoms with Crippen LogP contribution in [0.25, 0.3) is 0 Å². The van der Waals surface area contributed by atoms with E-state index in [1.807, 2.05) is 0 Å². The van der Waals surface area contributed by atoms with E-state index in [-0.39, 0.29) is 0 Å². The van der Waals surface area contributed by atoms with Gasteiger partial charge in [-0.15, -0.1) is 0 Å². The predicted octanol–water partition coefficient (Wildman–Crippen LogP) is 2.80. The van der Waals surface area contributed by atoms with Crippen molar-refractivity contribution in [3.8, 4) is 0 Å². The van der Waals surface area contributed by atoms with Crippen molar-refractivity contribution >= 4 is 0 Å². The molecule has 0 amide bonds. The minimum Gasteiger partial charge on any atom is -0.330 e. The molecule has 0 bridgehead atoms. The summed E-state index contributed by atoms with van der Waals surface area (Å²) < 4.78 is 0. The lowest BCUT2D eigenvalue weighted by Crippen LogP contribution is -2.08. The molecule has 1 heteroatoms. The van der Waals surface area contributed by atoms with E-state index in [0.717, 1.165) is 18.4 Å². The standard InChI is InChI=1S/C10H23N/c1-4-10(7-8-11)6-5-9(2)3/h9-10H,4-8,11H2,1-3H3. The van der Waals surface area contributed by atoms with Crippen LogP contribution >= 0.6 is 0 Å². The van der Waals surface area contributed by atoms with Crippen molar-refractivity contribution in [2.75, 3.05) is 6.54 Å². The van der Waals surface area contributed by atoms with Gasteiger partial charge in [0.1, 0.15) is 0 Å². The number of hydrogen-bond acceptors (Lipinski definition) is 1. The second kappa shape index (κ2) is 6.66. The first-order chi connectivity index (χ1) is 5.20. The number of rotatable bonds is 6. The highest BCUT2D eigenvalue weighted by molar-refractivity contribution is 4.59. The highest BCUT2D eigenvalue weighted by Crippen LogP contribution is 2.17. The van der Waals surface area contributed by atoms with Gasteiger partial charge >= 0.3 is 0 Å². The van der Waals surface area contributed by atoms with E-state index < -0.39 is 0 Å². The van der Waals surface area contributed by atoms with E-state index in [4.69, 9.17) is 5.73 Å². The quantitative estimate of drug-likeness (QED) is 0.630. The molecule has 0 heterocycles. The normalized spacial score (nSPS) is 13.9. The Morgan fingerprint density at radius 1 is 1.09 bits per heavy atom. The molecule has 0 aliphatic rings. The van der Waals surface area contributed by atoms with E-state index in [1.54, 1.807) is 0 Å². The van der Waals surface area contributed by atoms with Gasteiger partial charge in [0, 0.05) is 0 Å². The first kappa shape index (κ1) is 11.0. The molecule has 0 aliphatic heterocycles. The van der Waals surface area contributed by atoms with Crippen LogP contribution in [-0.4, -0.2) is 6.54 Å². The molecule has 68 valence electrons.